The number of carbonyl (C=O) groups is 1. The first-order valence-electron chi connectivity index (χ1n) is 5.86. The van der Waals surface area contributed by atoms with Gasteiger partial charge in [0.05, 0.1) is 5.56 Å². The van der Waals surface area contributed by atoms with Crippen LogP contribution in [0.25, 0.3) is 0 Å². The molecule has 1 amide bonds. The summed E-state index contributed by atoms with van der Waals surface area (Å²) in [5.74, 6) is -0.00843. The summed E-state index contributed by atoms with van der Waals surface area (Å²) in [6, 6.07) is 1.66. The van der Waals surface area contributed by atoms with Gasteiger partial charge in [-0.05, 0) is 26.1 Å². The van der Waals surface area contributed by atoms with Gasteiger partial charge < -0.3 is 15.5 Å². The number of aromatic nitrogens is 1. The zero-order chi connectivity index (χ0) is 12.3. The van der Waals surface area contributed by atoms with E-state index < -0.39 is 0 Å². The number of hydrogen-bond donors (Lipinski definition) is 1. The molecule has 0 saturated carbocycles. The molecule has 0 bridgehead atoms. The number of carbonyl (C=O) groups excluding carboxylic acids is 1. The monoisotopic (exact) mass is 270 g/mol. The molecule has 1 aliphatic heterocycles. The van der Waals surface area contributed by atoms with Crippen LogP contribution in [0, 0.1) is 0 Å². The standard InChI is InChI=1S/C12H18N4O.ClH/c1-15-5-2-6-16(8-7-15)12(17)10-9-14-4-3-11(10)13;/h3-4,9H,2,5-8H2,1H3,(H2,13,14);1H. The first-order valence-corrected chi connectivity index (χ1v) is 5.86. The summed E-state index contributed by atoms with van der Waals surface area (Å²) in [7, 11) is 2.08. The van der Waals surface area contributed by atoms with Gasteiger partial charge in [0.15, 0.2) is 0 Å². The number of nitrogens with two attached hydrogens (primary N) is 1. The molecule has 1 saturated heterocycles. The summed E-state index contributed by atoms with van der Waals surface area (Å²) in [5, 5.41) is 0. The summed E-state index contributed by atoms with van der Waals surface area (Å²) in [6.07, 6.45) is 4.15. The fourth-order valence-corrected chi connectivity index (χ4v) is 2.00. The molecule has 6 heteroatoms. The Balaban J connectivity index is 0.00000162. The Morgan fingerprint density at radius 1 is 1.33 bits per heavy atom. The molecule has 1 aliphatic rings. The van der Waals surface area contributed by atoms with Gasteiger partial charge in [0, 0.05) is 37.7 Å². The second kappa shape index (κ2) is 6.56. The predicted molar refractivity (Wildman–Crippen MR) is 73.9 cm³/mol. The molecule has 5 nitrogen and oxygen atoms in total. The Morgan fingerprint density at radius 3 is 2.83 bits per heavy atom. The Morgan fingerprint density at radius 2 is 2.11 bits per heavy atom. The van der Waals surface area contributed by atoms with Crippen LogP contribution in [0.15, 0.2) is 18.5 Å². The quantitative estimate of drug-likeness (QED) is 0.822. The van der Waals surface area contributed by atoms with E-state index in [4.69, 9.17) is 5.73 Å². The van der Waals surface area contributed by atoms with Crippen molar-refractivity contribution in [3.63, 3.8) is 0 Å². The van der Waals surface area contributed by atoms with Gasteiger partial charge in [-0.2, -0.15) is 0 Å². The number of amides is 1. The van der Waals surface area contributed by atoms with Crippen LogP contribution in [0.1, 0.15) is 16.8 Å². The van der Waals surface area contributed by atoms with Crippen LogP contribution >= 0.6 is 12.4 Å². The van der Waals surface area contributed by atoms with Crippen LogP contribution in [0.4, 0.5) is 5.69 Å². The molecule has 100 valence electrons. The van der Waals surface area contributed by atoms with Crippen LogP contribution in [0.2, 0.25) is 0 Å². The van der Waals surface area contributed by atoms with E-state index in [1.807, 2.05) is 4.90 Å². The molecule has 2 heterocycles. The van der Waals surface area contributed by atoms with Crippen molar-refractivity contribution < 1.29 is 4.79 Å². The Labute approximate surface area is 113 Å². The SMILES string of the molecule is CN1CCCN(C(=O)c2cnccc2N)CC1.Cl. The highest BCUT2D eigenvalue weighted by molar-refractivity contribution is 5.98. The van der Waals surface area contributed by atoms with E-state index in [2.05, 4.69) is 16.9 Å². The van der Waals surface area contributed by atoms with Crippen LogP contribution < -0.4 is 5.73 Å². The maximum absolute atomic E-state index is 12.3. The van der Waals surface area contributed by atoms with Crippen molar-refractivity contribution in [2.24, 2.45) is 0 Å². The number of pyridine rings is 1. The maximum atomic E-state index is 12.3. The summed E-state index contributed by atoms with van der Waals surface area (Å²) in [4.78, 5) is 20.3. The average Bonchev–Trinajstić information content (AvgIpc) is 2.54. The number of hydrogen-bond acceptors (Lipinski definition) is 4. The number of nitrogens with zero attached hydrogens (tertiary/aromatic N) is 3. The second-order valence-electron chi connectivity index (χ2n) is 4.41. The molecule has 0 spiro atoms. The predicted octanol–water partition coefficient (Wildman–Crippen LogP) is 0.863. The smallest absolute Gasteiger partial charge is 0.257 e. The molecule has 0 atom stereocenters. The minimum absolute atomic E-state index is 0. The van der Waals surface area contributed by atoms with Crippen molar-refractivity contribution in [3.8, 4) is 0 Å². The molecule has 0 unspecified atom stereocenters. The van der Waals surface area contributed by atoms with Crippen molar-refractivity contribution in [1.29, 1.82) is 0 Å². The summed E-state index contributed by atoms with van der Waals surface area (Å²) in [5.41, 5.74) is 6.81. The number of halogens is 1. The molecule has 18 heavy (non-hydrogen) atoms. The lowest BCUT2D eigenvalue weighted by Gasteiger charge is -2.21. The number of nitrogen functional groups attached to an aromatic ring is 1. The van der Waals surface area contributed by atoms with Crippen molar-refractivity contribution in [3.05, 3.63) is 24.0 Å². The molecule has 1 fully saturated rings. The lowest BCUT2D eigenvalue weighted by atomic mass is 10.2. The second-order valence-corrected chi connectivity index (χ2v) is 4.41. The van der Waals surface area contributed by atoms with Crippen LogP contribution in [-0.2, 0) is 0 Å². The zero-order valence-corrected chi connectivity index (χ0v) is 11.3. The first-order chi connectivity index (χ1) is 8.18. The van der Waals surface area contributed by atoms with Crippen molar-refractivity contribution >= 4 is 24.0 Å². The topological polar surface area (TPSA) is 62.5 Å². The van der Waals surface area contributed by atoms with Gasteiger partial charge in [0.2, 0.25) is 0 Å². The van der Waals surface area contributed by atoms with Crippen LogP contribution in [0.3, 0.4) is 0 Å². The summed E-state index contributed by atoms with van der Waals surface area (Å²) in [6.45, 7) is 3.49. The van der Waals surface area contributed by atoms with Crippen molar-refractivity contribution in [2.75, 3.05) is 39.0 Å². The third-order valence-electron chi connectivity index (χ3n) is 3.09. The Hall–Kier alpha value is -1.33. The van der Waals surface area contributed by atoms with Crippen LogP contribution in [0.5, 0.6) is 0 Å². The molecule has 1 aromatic rings. The molecule has 2 N–H and O–H groups in total. The highest BCUT2D eigenvalue weighted by Gasteiger charge is 2.20. The molecule has 0 aliphatic carbocycles. The lowest BCUT2D eigenvalue weighted by molar-refractivity contribution is 0.0763. The molecule has 1 aromatic heterocycles. The minimum Gasteiger partial charge on any atom is -0.398 e. The summed E-state index contributed by atoms with van der Waals surface area (Å²) < 4.78 is 0. The number of anilines is 1. The molecule has 0 aromatic carbocycles. The highest BCUT2D eigenvalue weighted by Crippen LogP contribution is 2.13. The van der Waals surface area contributed by atoms with E-state index in [0.717, 1.165) is 32.6 Å². The van der Waals surface area contributed by atoms with Gasteiger partial charge in [0.1, 0.15) is 0 Å². The Bertz CT molecular complexity index is 413. The van der Waals surface area contributed by atoms with Gasteiger partial charge in [-0.15, -0.1) is 12.4 Å². The van der Waals surface area contributed by atoms with Crippen molar-refractivity contribution in [1.82, 2.24) is 14.8 Å². The largest absolute Gasteiger partial charge is 0.398 e. The normalized spacial score (nSPS) is 16.8. The maximum Gasteiger partial charge on any atom is 0.257 e. The zero-order valence-electron chi connectivity index (χ0n) is 10.5. The van der Waals surface area contributed by atoms with E-state index in [1.165, 1.54) is 0 Å². The van der Waals surface area contributed by atoms with Crippen molar-refractivity contribution in [2.45, 2.75) is 6.42 Å². The minimum atomic E-state index is -0.00843. The molecular formula is C12H19ClN4O. The van der Waals surface area contributed by atoms with Crippen LogP contribution in [-0.4, -0.2) is 53.9 Å². The molecule has 0 radical (unpaired) electrons. The molecule has 2 rings (SSSR count). The van der Waals surface area contributed by atoms with E-state index in [0.29, 0.717) is 11.3 Å². The average molecular weight is 271 g/mol. The van der Waals surface area contributed by atoms with Gasteiger partial charge in [0.25, 0.3) is 5.91 Å². The number of likely N-dealkylation sites (N-methyl/N-ethyl adjacent to an activating group) is 1. The fourth-order valence-electron chi connectivity index (χ4n) is 2.00. The number of rotatable bonds is 1. The summed E-state index contributed by atoms with van der Waals surface area (Å²) >= 11 is 0. The van der Waals surface area contributed by atoms with Gasteiger partial charge >= 0.3 is 0 Å². The van der Waals surface area contributed by atoms with E-state index in [1.54, 1.807) is 18.5 Å². The van der Waals surface area contributed by atoms with Gasteiger partial charge in [-0.25, -0.2) is 0 Å². The van der Waals surface area contributed by atoms with E-state index >= 15 is 0 Å². The van der Waals surface area contributed by atoms with E-state index in [-0.39, 0.29) is 18.3 Å². The van der Waals surface area contributed by atoms with Gasteiger partial charge in [-0.1, -0.05) is 0 Å². The Kier molecular flexibility index (Phi) is 5.37. The van der Waals surface area contributed by atoms with E-state index in [9.17, 15) is 4.79 Å². The third-order valence-corrected chi connectivity index (χ3v) is 3.09. The third kappa shape index (κ3) is 3.34. The molecular weight excluding hydrogens is 252 g/mol. The fraction of sp³-hybridized carbons (Fsp3) is 0.500. The van der Waals surface area contributed by atoms with Gasteiger partial charge in [-0.3, -0.25) is 9.78 Å². The highest BCUT2D eigenvalue weighted by atomic mass is 35.5. The lowest BCUT2D eigenvalue weighted by Crippen LogP contribution is -2.34. The first kappa shape index (κ1) is 14.7.